The molecule has 1 unspecified atom stereocenters. The molecule has 1 atom stereocenters. The van der Waals surface area contributed by atoms with Gasteiger partial charge < -0.3 is 9.64 Å². The molecule has 0 radical (unpaired) electrons. The zero-order chi connectivity index (χ0) is 24.6. The van der Waals surface area contributed by atoms with E-state index in [1.807, 2.05) is 38.1 Å². The van der Waals surface area contributed by atoms with Crippen molar-refractivity contribution in [3.8, 4) is 5.75 Å². The highest BCUT2D eigenvalue weighted by Crippen LogP contribution is 2.38. The van der Waals surface area contributed by atoms with Crippen LogP contribution in [0.3, 0.4) is 0 Å². The third-order valence-electron chi connectivity index (χ3n) is 5.78. The van der Waals surface area contributed by atoms with E-state index in [4.69, 9.17) is 21.3 Å². The smallest absolute Gasteiger partial charge is 0.253 e. The van der Waals surface area contributed by atoms with Gasteiger partial charge >= 0.3 is 0 Å². The number of carbonyl (C=O) groups excluding carboxylic acids is 1. The number of amides is 1. The number of thiazole rings is 1. The van der Waals surface area contributed by atoms with E-state index in [2.05, 4.69) is 0 Å². The molecule has 0 spiro atoms. The van der Waals surface area contributed by atoms with Crippen LogP contribution in [0.5, 0.6) is 5.75 Å². The van der Waals surface area contributed by atoms with E-state index in [0.717, 1.165) is 21.6 Å². The molecule has 184 valence electrons. The lowest BCUT2D eigenvalue weighted by Gasteiger charge is -2.29. The summed E-state index contributed by atoms with van der Waals surface area (Å²) in [5, 5.41) is 0.540. The Morgan fingerprint density at radius 1 is 1.24 bits per heavy atom. The molecular weight excluding hydrogens is 516 g/mol. The molecule has 0 aliphatic carbocycles. The van der Waals surface area contributed by atoms with Gasteiger partial charge in [-0.15, -0.1) is 11.3 Å². The van der Waals surface area contributed by atoms with Crippen LogP contribution in [-0.2, 0) is 14.8 Å². The van der Waals surface area contributed by atoms with Gasteiger partial charge in [0.25, 0.3) is 10.0 Å². The Morgan fingerprint density at radius 3 is 2.65 bits per heavy atom. The maximum atomic E-state index is 13.9. The molecule has 1 aliphatic heterocycles. The third-order valence-corrected chi connectivity index (χ3v) is 10.6. The van der Waals surface area contributed by atoms with Gasteiger partial charge in [-0.25, -0.2) is 13.4 Å². The number of benzene rings is 1. The summed E-state index contributed by atoms with van der Waals surface area (Å²) in [6.07, 6.45) is 1.08. The minimum atomic E-state index is -3.83. The average molecular weight is 543 g/mol. The molecule has 1 aromatic carbocycles. The van der Waals surface area contributed by atoms with Crippen molar-refractivity contribution in [2.45, 2.75) is 30.0 Å². The Kier molecular flexibility index (Phi) is 7.51. The number of hydrogen-bond acceptors (Lipinski definition) is 8. The normalized spacial score (nSPS) is 17.1. The summed E-state index contributed by atoms with van der Waals surface area (Å²) in [6, 6.07) is 6.10. The minimum absolute atomic E-state index is 0.150. The Bertz CT molecular complexity index is 1300. The van der Waals surface area contributed by atoms with Crippen LogP contribution in [0.2, 0.25) is 4.34 Å². The van der Waals surface area contributed by atoms with Crippen molar-refractivity contribution in [1.82, 2.24) is 14.2 Å². The number of ether oxygens (including phenoxy) is 1. The molecule has 0 N–H and O–H groups in total. The van der Waals surface area contributed by atoms with Crippen LogP contribution in [0.4, 0.5) is 5.13 Å². The fourth-order valence-corrected chi connectivity index (χ4v) is 8.33. The van der Waals surface area contributed by atoms with E-state index in [9.17, 15) is 13.2 Å². The monoisotopic (exact) mass is 542 g/mol. The maximum absolute atomic E-state index is 13.9. The van der Waals surface area contributed by atoms with Gasteiger partial charge in [-0.2, -0.15) is 4.31 Å². The Balaban J connectivity index is 1.72. The topological polar surface area (TPSA) is 83.0 Å². The summed E-state index contributed by atoms with van der Waals surface area (Å²) < 4.78 is 34.9. The lowest BCUT2D eigenvalue weighted by atomic mass is 10.2. The predicted octanol–water partition coefficient (Wildman–Crippen LogP) is 4.08. The Labute approximate surface area is 212 Å². The number of hydrogen-bond donors (Lipinski definition) is 0. The van der Waals surface area contributed by atoms with Gasteiger partial charge in [0.15, 0.2) is 5.13 Å². The first-order valence-electron chi connectivity index (χ1n) is 10.8. The van der Waals surface area contributed by atoms with E-state index in [-0.39, 0.29) is 10.1 Å². The molecule has 1 saturated heterocycles. The molecule has 12 heteroatoms. The van der Waals surface area contributed by atoms with Gasteiger partial charge in [-0.05, 0) is 57.6 Å². The average Bonchev–Trinajstić information content (AvgIpc) is 3.53. The second kappa shape index (κ2) is 10.1. The standard InChI is InChI=1S/C22H27ClN4O4S3/c1-14-7-8-16(31-4)19-20(14)33-22(24-19)26(13-12-25(2)3)21(28)15-6-5-11-27(15)34(29,30)18-10-9-17(23)32-18/h7-10,15H,5-6,11-13H2,1-4H3. The van der Waals surface area contributed by atoms with Crippen LogP contribution in [0.1, 0.15) is 18.4 Å². The molecule has 0 bridgehead atoms. The second-order valence-corrected chi connectivity index (χ2v) is 13.2. The van der Waals surface area contributed by atoms with Crippen molar-refractivity contribution in [2.24, 2.45) is 0 Å². The van der Waals surface area contributed by atoms with E-state index in [1.165, 1.54) is 21.7 Å². The van der Waals surface area contributed by atoms with E-state index in [1.54, 1.807) is 18.1 Å². The van der Waals surface area contributed by atoms with Gasteiger partial charge in [0, 0.05) is 19.6 Å². The minimum Gasteiger partial charge on any atom is -0.494 e. The summed E-state index contributed by atoms with van der Waals surface area (Å²) in [4.78, 5) is 22.3. The van der Waals surface area contributed by atoms with Crippen LogP contribution in [0, 0.1) is 6.92 Å². The molecule has 34 heavy (non-hydrogen) atoms. The largest absolute Gasteiger partial charge is 0.494 e. The Morgan fingerprint density at radius 2 is 2.00 bits per heavy atom. The quantitative estimate of drug-likeness (QED) is 0.426. The number of thiophene rings is 1. The van der Waals surface area contributed by atoms with Crippen LogP contribution < -0.4 is 9.64 Å². The number of halogens is 1. The van der Waals surface area contributed by atoms with Crippen molar-refractivity contribution >= 4 is 65.6 Å². The third kappa shape index (κ3) is 4.82. The zero-order valence-corrected chi connectivity index (χ0v) is 22.7. The van der Waals surface area contributed by atoms with Crippen molar-refractivity contribution in [3.05, 3.63) is 34.2 Å². The molecule has 0 saturated carbocycles. The van der Waals surface area contributed by atoms with Gasteiger partial charge in [-0.1, -0.05) is 29.0 Å². The highest BCUT2D eigenvalue weighted by molar-refractivity contribution is 7.91. The van der Waals surface area contributed by atoms with E-state index < -0.39 is 16.1 Å². The molecule has 1 amide bonds. The molecule has 3 aromatic rings. The summed E-state index contributed by atoms with van der Waals surface area (Å²) >= 11 is 8.41. The number of methoxy groups -OCH3 is 1. The van der Waals surface area contributed by atoms with Gasteiger partial charge in [0.2, 0.25) is 5.91 Å². The number of nitrogens with zero attached hydrogens (tertiary/aromatic N) is 4. The fraction of sp³-hybridized carbons (Fsp3) is 0.455. The van der Waals surface area contributed by atoms with Gasteiger partial charge in [0.1, 0.15) is 21.5 Å². The SMILES string of the molecule is COc1ccc(C)c2sc(N(CCN(C)C)C(=O)C3CCCN3S(=O)(=O)c3ccc(Cl)s3)nc12. The predicted molar refractivity (Wildman–Crippen MR) is 138 cm³/mol. The number of fused-ring (bicyclic) bond motifs is 1. The number of anilines is 1. The first-order chi connectivity index (χ1) is 16.1. The van der Waals surface area contributed by atoms with Gasteiger partial charge in [0.05, 0.1) is 16.1 Å². The van der Waals surface area contributed by atoms with Crippen LogP contribution in [0.25, 0.3) is 10.2 Å². The molecular formula is C22H27ClN4O4S3. The molecule has 1 aliphatic rings. The van der Waals surface area contributed by atoms with Crippen LogP contribution >= 0.6 is 34.3 Å². The fourth-order valence-electron chi connectivity index (χ4n) is 3.99. The van der Waals surface area contributed by atoms with Crippen LogP contribution in [0.15, 0.2) is 28.5 Å². The van der Waals surface area contributed by atoms with Crippen molar-refractivity contribution in [2.75, 3.05) is 45.7 Å². The van der Waals surface area contributed by atoms with Crippen molar-refractivity contribution in [3.63, 3.8) is 0 Å². The number of rotatable bonds is 8. The highest BCUT2D eigenvalue weighted by Gasteiger charge is 2.42. The molecule has 2 aromatic heterocycles. The van der Waals surface area contributed by atoms with Crippen molar-refractivity contribution in [1.29, 1.82) is 0 Å². The number of sulfonamides is 1. The second-order valence-electron chi connectivity index (χ2n) is 8.38. The number of aryl methyl sites for hydroxylation is 1. The summed E-state index contributed by atoms with van der Waals surface area (Å²) in [7, 11) is 1.63. The summed E-state index contributed by atoms with van der Waals surface area (Å²) in [6.45, 7) is 3.29. The first-order valence-corrected chi connectivity index (χ1v) is 14.3. The highest BCUT2D eigenvalue weighted by atomic mass is 35.5. The number of carbonyl (C=O) groups is 1. The lowest BCUT2D eigenvalue weighted by Crippen LogP contribution is -2.49. The van der Waals surface area contributed by atoms with E-state index >= 15 is 0 Å². The maximum Gasteiger partial charge on any atom is 0.253 e. The van der Waals surface area contributed by atoms with E-state index in [0.29, 0.717) is 53.2 Å². The van der Waals surface area contributed by atoms with Crippen molar-refractivity contribution < 1.29 is 17.9 Å². The zero-order valence-electron chi connectivity index (χ0n) is 19.4. The number of aromatic nitrogens is 1. The van der Waals surface area contributed by atoms with Crippen LogP contribution in [-0.4, -0.2) is 75.4 Å². The summed E-state index contributed by atoms with van der Waals surface area (Å²) in [5.41, 5.74) is 1.74. The lowest BCUT2D eigenvalue weighted by molar-refractivity contribution is -0.121. The molecule has 3 heterocycles. The molecule has 1 fully saturated rings. The molecule has 8 nitrogen and oxygen atoms in total. The number of likely N-dealkylation sites (N-methyl/N-ethyl adjacent to an activating group) is 1. The Hall–Kier alpha value is -1.76. The summed E-state index contributed by atoms with van der Waals surface area (Å²) in [5.74, 6) is 0.379. The molecule has 4 rings (SSSR count). The first kappa shape index (κ1) is 25.3. The van der Waals surface area contributed by atoms with Gasteiger partial charge in [-0.3, -0.25) is 9.69 Å².